The van der Waals surface area contributed by atoms with Crippen LogP contribution in [0.5, 0.6) is 5.75 Å². The van der Waals surface area contributed by atoms with Crippen molar-refractivity contribution in [3.05, 3.63) is 114 Å². The van der Waals surface area contributed by atoms with E-state index in [9.17, 15) is 4.79 Å². The fourth-order valence-corrected chi connectivity index (χ4v) is 3.77. The number of ether oxygens (including phenoxy) is 1. The van der Waals surface area contributed by atoms with Crippen molar-refractivity contribution in [2.45, 2.75) is 33.0 Å². The van der Waals surface area contributed by atoms with Crippen LogP contribution in [0.4, 0.5) is 5.69 Å². The zero-order valence-corrected chi connectivity index (χ0v) is 19.4. The lowest BCUT2D eigenvalue weighted by Gasteiger charge is -2.29. The monoisotopic (exact) mass is 452 g/mol. The Kier molecular flexibility index (Phi) is 7.23. The first-order valence-electron chi connectivity index (χ1n) is 11.3. The van der Waals surface area contributed by atoms with Gasteiger partial charge < -0.3 is 14.7 Å². The molecule has 5 nitrogen and oxygen atoms in total. The lowest BCUT2D eigenvalue weighted by molar-refractivity contribution is 0.0696. The molecule has 0 unspecified atom stereocenters. The highest BCUT2D eigenvalue weighted by molar-refractivity contribution is 5.87. The highest BCUT2D eigenvalue weighted by atomic mass is 16.5. The van der Waals surface area contributed by atoms with Gasteiger partial charge in [-0.05, 0) is 73.0 Å². The largest absolute Gasteiger partial charge is 0.487 e. The molecule has 34 heavy (non-hydrogen) atoms. The van der Waals surface area contributed by atoms with Crippen LogP contribution in [-0.2, 0) is 13.2 Å². The van der Waals surface area contributed by atoms with Crippen LogP contribution in [0.15, 0.2) is 97.2 Å². The molecular weight excluding hydrogens is 424 g/mol. The Morgan fingerprint density at radius 2 is 1.68 bits per heavy atom. The molecule has 0 saturated carbocycles. The van der Waals surface area contributed by atoms with Crippen molar-refractivity contribution in [2.75, 3.05) is 4.90 Å². The van der Waals surface area contributed by atoms with Crippen molar-refractivity contribution in [3.8, 4) is 16.9 Å². The summed E-state index contributed by atoms with van der Waals surface area (Å²) in [5.41, 5.74) is 5.59. The molecule has 5 heteroatoms. The van der Waals surface area contributed by atoms with Crippen molar-refractivity contribution in [1.82, 2.24) is 4.98 Å². The number of hydrogen-bond acceptors (Lipinski definition) is 4. The topological polar surface area (TPSA) is 62.7 Å². The number of rotatable bonds is 9. The first-order chi connectivity index (χ1) is 16.5. The van der Waals surface area contributed by atoms with Gasteiger partial charge in [-0.2, -0.15) is 0 Å². The predicted octanol–water partition coefficient (Wildman–Crippen LogP) is 6.44. The normalized spacial score (nSPS) is 10.8. The summed E-state index contributed by atoms with van der Waals surface area (Å²) in [5.74, 6) is -0.254. The predicted molar refractivity (Wildman–Crippen MR) is 135 cm³/mol. The summed E-state index contributed by atoms with van der Waals surface area (Å²) in [6, 6.07) is 30.7. The van der Waals surface area contributed by atoms with Gasteiger partial charge in [-0.15, -0.1) is 0 Å². The molecule has 0 saturated heterocycles. The van der Waals surface area contributed by atoms with Gasteiger partial charge in [-0.1, -0.05) is 48.5 Å². The van der Waals surface area contributed by atoms with Crippen molar-refractivity contribution in [3.63, 3.8) is 0 Å². The number of hydrogen-bond donors (Lipinski definition) is 1. The number of aromatic nitrogens is 1. The average Bonchev–Trinajstić information content (AvgIpc) is 2.87. The maximum absolute atomic E-state index is 10.9. The number of carboxylic acid groups (broad SMARTS) is 1. The van der Waals surface area contributed by atoms with Crippen LogP contribution in [0.3, 0.4) is 0 Å². The fourth-order valence-electron chi connectivity index (χ4n) is 3.77. The van der Waals surface area contributed by atoms with Gasteiger partial charge in [0.1, 0.15) is 12.4 Å². The minimum atomic E-state index is -0.989. The summed E-state index contributed by atoms with van der Waals surface area (Å²) >= 11 is 0. The number of benzene rings is 3. The van der Waals surface area contributed by atoms with Crippen LogP contribution in [0, 0.1) is 0 Å². The minimum absolute atomic E-state index is 0.163. The number of carboxylic acids is 1. The molecule has 0 fully saturated rings. The van der Waals surface area contributed by atoms with Gasteiger partial charge >= 0.3 is 5.97 Å². The quantitative estimate of drug-likeness (QED) is 0.317. The van der Waals surface area contributed by atoms with E-state index in [1.165, 1.54) is 23.5 Å². The van der Waals surface area contributed by atoms with Crippen LogP contribution in [0.2, 0.25) is 0 Å². The molecule has 0 amide bonds. The Balaban J connectivity index is 1.42. The summed E-state index contributed by atoms with van der Waals surface area (Å²) in [6.07, 6.45) is 1.34. The second kappa shape index (κ2) is 10.7. The van der Waals surface area contributed by atoms with E-state index in [4.69, 9.17) is 9.84 Å². The van der Waals surface area contributed by atoms with E-state index in [2.05, 4.69) is 72.3 Å². The number of para-hydroxylation sites is 1. The SMILES string of the molecule is CC(C)N(Cc1cccc(-c2ccc(OCc3ccc(C(=O)O)cn3)cc2)c1)c1ccccc1. The summed E-state index contributed by atoms with van der Waals surface area (Å²) in [6.45, 7) is 5.54. The van der Waals surface area contributed by atoms with Crippen molar-refractivity contribution >= 4 is 11.7 Å². The van der Waals surface area contributed by atoms with E-state index in [0.29, 0.717) is 11.7 Å². The Bertz CT molecular complexity index is 1220. The molecule has 1 N–H and O–H groups in total. The number of aromatic carboxylic acids is 1. The second-order valence-corrected chi connectivity index (χ2v) is 8.41. The van der Waals surface area contributed by atoms with Crippen molar-refractivity contribution < 1.29 is 14.6 Å². The summed E-state index contributed by atoms with van der Waals surface area (Å²) in [5, 5.41) is 8.97. The summed E-state index contributed by atoms with van der Waals surface area (Å²) in [7, 11) is 0. The van der Waals surface area contributed by atoms with Gasteiger partial charge in [-0.25, -0.2) is 4.79 Å². The van der Waals surface area contributed by atoms with Crippen LogP contribution in [0.1, 0.15) is 35.5 Å². The molecule has 4 rings (SSSR count). The van der Waals surface area contributed by atoms with Gasteiger partial charge in [0.25, 0.3) is 0 Å². The molecule has 1 heterocycles. The number of carbonyl (C=O) groups is 1. The maximum atomic E-state index is 10.9. The van der Waals surface area contributed by atoms with Crippen LogP contribution < -0.4 is 9.64 Å². The molecule has 1 aromatic heterocycles. The van der Waals surface area contributed by atoms with Crippen LogP contribution in [-0.4, -0.2) is 22.1 Å². The third kappa shape index (κ3) is 5.81. The molecule has 0 aliphatic rings. The fraction of sp³-hybridized carbons (Fsp3) is 0.172. The lowest BCUT2D eigenvalue weighted by Crippen LogP contribution is -2.30. The number of nitrogens with zero attached hydrogens (tertiary/aromatic N) is 2. The Morgan fingerprint density at radius 1 is 0.912 bits per heavy atom. The second-order valence-electron chi connectivity index (χ2n) is 8.41. The molecule has 0 radical (unpaired) electrons. The van der Waals surface area contributed by atoms with E-state index >= 15 is 0 Å². The Labute approximate surface area is 200 Å². The van der Waals surface area contributed by atoms with Gasteiger partial charge in [0.2, 0.25) is 0 Å². The van der Waals surface area contributed by atoms with Crippen LogP contribution in [0.25, 0.3) is 11.1 Å². The molecule has 0 spiro atoms. The molecule has 172 valence electrons. The molecule has 0 aliphatic carbocycles. The number of pyridine rings is 1. The van der Waals surface area contributed by atoms with E-state index in [1.807, 2.05) is 30.3 Å². The molecule has 4 aromatic rings. The average molecular weight is 453 g/mol. The van der Waals surface area contributed by atoms with E-state index in [1.54, 1.807) is 6.07 Å². The zero-order valence-electron chi connectivity index (χ0n) is 19.4. The summed E-state index contributed by atoms with van der Waals surface area (Å²) < 4.78 is 5.82. The first kappa shape index (κ1) is 23.1. The standard InChI is InChI=1S/C29H28N2O3/c1-21(2)31(27-9-4-3-5-10-27)19-22-7-6-8-24(17-22)23-12-15-28(16-13-23)34-20-26-14-11-25(18-30-26)29(32)33/h3-18,21H,19-20H2,1-2H3,(H,32,33). The van der Waals surface area contributed by atoms with Gasteiger partial charge in [0.05, 0.1) is 11.3 Å². The molecule has 0 aliphatic heterocycles. The molecular formula is C29H28N2O3. The number of anilines is 1. The smallest absolute Gasteiger partial charge is 0.337 e. The van der Waals surface area contributed by atoms with E-state index in [-0.39, 0.29) is 12.2 Å². The molecule has 0 bridgehead atoms. The first-order valence-corrected chi connectivity index (χ1v) is 11.3. The van der Waals surface area contributed by atoms with Crippen molar-refractivity contribution in [2.24, 2.45) is 0 Å². The van der Waals surface area contributed by atoms with Gasteiger partial charge in [0.15, 0.2) is 0 Å². The van der Waals surface area contributed by atoms with Gasteiger partial charge in [-0.3, -0.25) is 4.98 Å². The third-order valence-electron chi connectivity index (χ3n) is 5.64. The summed E-state index contributed by atoms with van der Waals surface area (Å²) in [4.78, 5) is 17.5. The minimum Gasteiger partial charge on any atom is -0.487 e. The van der Waals surface area contributed by atoms with E-state index < -0.39 is 5.97 Å². The highest BCUT2D eigenvalue weighted by Gasteiger charge is 2.11. The van der Waals surface area contributed by atoms with Gasteiger partial charge in [0, 0.05) is 24.5 Å². The third-order valence-corrected chi connectivity index (χ3v) is 5.64. The zero-order chi connectivity index (χ0) is 23.9. The highest BCUT2D eigenvalue weighted by Crippen LogP contribution is 2.26. The Morgan fingerprint density at radius 3 is 2.32 bits per heavy atom. The van der Waals surface area contributed by atoms with Crippen LogP contribution >= 0.6 is 0 Å². The Hall–Kier alpha value is -4.12. The molecule has 3 aromatic carbocycles. The maximum Gasteiger partial charge on any atom is 0.337 e. The van der Waals surface area contributed by atoms with Crippen molar-refractivity contribution in [1.29, 1.82) is 0 Å². The lowest BCUT2D eigenvalue weighted by atomic mass is 10.0. The molecule has 0 atom stereocenters. The van der Waals surface area contributed by atoms with E-state index in [0.717, 1.165) is 23.4 Å².